The summed E-state index contributed by atoms with van der Waals surface area (Å²) in [4.78, 5) is 0. The second-order valence-electron chi connectivity index (χ2n) is 3.30. The number of allylic oxidation sites excluding steroid dienone is 4. The Bertz CT molecular complexity index is 140. The SMILES string of the molecule is CCCC=CCC(C)=CCCC. The quantitative estimate of drug-likeness (QED) is 0.510. The fraction of sp³-hybridized carbons (Fsp3) is 0.667. The monoisotopic (exact) mass is 166 g/mol. The maximum absolute atomic E-state index is 2.34. The first-order valence-corrected chi connectivity index (χ1v) is 5.11. The van der Waals surface area contributed by atoms with Gasteiger partial charge in [-0.15, -0.1) is 0 Å². The maximum Gasteiger partial charge on any atom is -0.0142 e. The molecule has 0 aromatic carbocycles. The van der Waals surface area contributed by atoms with Crippen molar-refractivity contribution in [3.8, 4) is 0 Å². The smallest absolute Gasteiger partial charge is 0.0142 e. The van der Waals surface area contributed by atoms with Crippen molar-refractivity contribution in [3.05, 3.63) is 23.8 Å². The van der Waals surface area contributed by atoms with Crippen LogP contribution in [0.2, 0.25) is 0 Å². The van der Waals surface area contributed by atoms with Crippen molar-refractivity contribution in [1.82, 2.24) is 0 Å². The highest BCUT2D eigenvalue weighted by atomic mass is 13.9. The third kappa shape index (κ3) is 7.59. The van der Waals surface area contributed by atoms with Gasteiger partial charge in [0.15, 0.2) is 0 Å². The van der Waals surface area contributed by atoms with Gasteiger partial charge in [-0.25, -0.2) is 0 Å². The Labute approximate surface area is 77.4 Å². The van der Waals surface area contributed by atoms with E-state index in [1.165, 1.54) is 31.3 Å². The molecule has 12 heavy (non-hydrogen) atoms. The topological polar surface area (TPSA) is 0 Å². The Morgan fingerprint density at radius 1 is 1.00 bits per heavy atom. The van der Waals surface area contributed by atoms with E-state index in [0.717, 1.165) is 6.42 Å². The predicted octanol–water partition coefficient (Wildman–Crippen LogP) is 4.48. The molecular weight excluding hydrogens is 144 g/mol. The van der Waals surface area contributed by atoms with Crippen LogP contribution < -0.4 is 0 Å². The van der Waals surface area contributed by atoms with Crippen molar-refractivity contribution in [3.63, 3.8) is 0 Å². The molecule has 0 aromatic rings. The van der Waals surface area contributed by atoms with E-state index in [0.29, 0.717) is 0 Å². The molecule has 0 amide bonds. The van der Waals surface area contributed by atoms with Crippen LogP contribution in [-0.4, -0.2) is 0 Å². The molecule has 0 fully saturated rings. The zero-order valence-corrected chi connectivity index (χ0v) is 8.77. The minimum absolute atomic E-state index is 1.14. The summed E-state index contributed by atoms with van der Waals surface area (Å²) in [5.74, 6) is 0. The summed E-state index contributed by atoms with van der Waals surface area (Å²) >= 11 is 0. The van der Waals surface area contributed by atoms with Gasteiger partial charge in [0.2, 0.25) is 0 Å². The van der Waals surface area contributed by atoms with Crippen molar-refractivity contribution < 1.29 is 0 Å². The molecule has 0 radical (unpaired) electrons. The van der Waals surface area contributed by atoms with E-state index in [4.69, 9.17) is 0 Å². The fourth-order valence-corrected chi connectivity index (χ4v) is 1.03. The molecule has 0 spiro atoms. The second kappa shape index (κ2) is 8.58. The van der Waals surface area contributed by atoms with Gasteiger partial charge < -0.3 is 0 Å². The molecule has 0 rings (SSSR count). The predicted molar refractivity (Wildman–Crippen MR) is 57.3 cm³/mol. The Morgan fingerprint density at radius 3 is 2.25 bits per heavy atom. The second-order valence-corrected chi connectivity index (χ2v) is 3.30. The van der Waals surface area contributed by atoms with Gasteiger partial charge >= 0.3 is 0 Å². The van der Waals surface area contributed by atoms with Crippen LogP contribution in [0.4, 0.5) is 0 Å². The zero-order chi connectivity index (χ0) is 9.23. The largest absolute Gasteiger partial charge is 0.0882 e. The van der Waals surface area contributed by atoms with Gasteiger partial charge in [-0.3, -0.25) is 0 Å². The highest BCUT2D eigenvalue weighted by Crippen LogP contribution is 2.04. The molecule has 0 aliphatic rings. The van der Waals surface area contributed by atoms with E-state index in [1.807, 2.05) is 0 Å². The third-order valence-electron chi connectivity index (χ3n) is 1.84. The minimum atomic E-state index is 1.14. The molecule has 0 saturated heterocycles. The van der Waals surface area contributed by atoms with Gasteiger partial charge in [0.05, 0.1) is 0 Å². The molecule has 0 nitrogen and oxygen atoms in total. The summed E-state index contributed by atoms with van der Waals surface area (Å²) in [6.07, 6.45) is 13.0. The molecule has 0 aromatic heterocycles. The van der Waals surface area contributed by atoms with Crippen LogP contribution >= 0.6 is 0 Å². The van der Waals surface area contributed by atoms with Crippen molar-refractivity contribution in [2.24, 2.45) is 0 Å². The maximum atomic E-state index is 2.34. The number of hydrogen-bond acceptors (Lipinski definition) is 0. The van der Waals surface area contributed by atoms with Crippen molar-refractivity contribution in [2.75, 3.05) is 0 Å². The summed E-state index contributed by atoms with van der Waals surface area (Å²) in [6.45, 7) is 6.65. The fourth-order valence-electron chi connectivity index (χ4n) is 1.03. The van der Waals surface area contributed by atoms with Crippen LogP contribution in [0.15, 0.2) is 23.8 Å². The van der Waals surface area contributed by atoms with Crippen LogP contribution in [0.1, 0.15) is 52.9 Å². The number of rotatable bonds is 6. The average molecular weight is 166 g/mol. The molecule has 0 heterocycles. The van der Waals surface area contributed by atoms with E-state index in [9.17, 15) is 0 Å². The van der Waals surface area contributed by atoms with Gasteiger partial charge in [-0.05, 0) is 26.2 Å². The van der Waals surface area contributed by atoms with Gasteiger partial charge in [-0.2, -0.15) is 0 Å². The Morgan fingerprint density at radius 2 is 1.67 bits per heavy atom. The number of unbranched alkanes of at least 4 members (excludes halogenated alkanes) is 2. The molecule has 0 bridgehead atoms. The Kier molecular flexibility index (Phi) is 8.20. The summed E-state index contributed by atoms with van der Waals surface area (Å²) in [6, 6.07) is 0. The highest BCUT2D eigenvalue weighted by Gasteiger charge is 1.83. The summed E-state index contributed by atoms with van der Waals surface area (Å²) in [7, 11) is 0. The van der Waals surface area contributed by atoms with Gasteiger partial charge in [-0.1, -0.05) is 50.5 Å². The molecule has 0 unspecified atom stereocenters. The molecule has 70 valence electrons. The third-order valence-corrected chi connectivity index (χ3v) is 1.84. The van der Waals surface area contributed by atoms with Crippen LogP contribution in [0.25, 0.3) is 0 Å². The molecular formula is C12H22. The van der Waals surface area contributed by atoms with Gasteiger partial charge in [0, 0.05) is 0 Å². The minimum Gasteiger partial charge on any atom is -0.0882 e. The number of hydrogen-bond donors (Lipinski definition) is 0. The lowest BCUT2D eigenvalue weighted by Gasteiger charge is -1.94. The molecule has 0 aliphatic heterocycles. The first-order valence-electron chi connectivity index (χ1n) is 5.11. The molecule has 0 saturated carbocycles. The summed E-state index contributed by atoms with van der Waals surface area (Å²) in [5.41, 5.74) is 1.50. The lowest BCUT2D eigenvalue weighted by atomic mass is 10.1. The van der Waals surface area contributed by atoms with Gasteiger partial charge in [0.25, 0.3) is 0 Å². The normalized spacial score (nSPS) is 12.8. The highest BCUT2D eigenvalue weighted by molar-refractivity contribution is 5.04. The Hall–Kier alpha value is -0.520. The van der Waals surface area contributed by atoms with E-state index in [2.05, 4.69) is 39.0 Å². The van der Waals surface area contributed by atoms with Crippen LogP contribution in [-0.2, 0) is 0 Å². The van der Waals surface area contributed by atoms with Crippen molar-refractivity contribution in [1.29, 1.82) is 0 Å². The molecule has 0 atom stereocenters. The zero-order valence-electron chi connectivity index (χ0n) is 8.77. The first kappa shape index (κ1) is 11.5. The van der Waals surface area contributed by atoms with Gasteiger partial charge in [0.1, 0.15) is 0 Å². The van der Waals surface area contributed by atoms with Crippen LogP contribution in [0.3, 0.4) is 0 Å². The standard InChI is InChI=1S/C12H22/c1-4-6-8-9-11-12(3)10-7-5-2/h8-10H,4-7,11H2,1-3H3. The summed E-state index contributed by atoms with van der Waals surface area (Å²) in [5, 5.41) is 0. The van der Waals surface area contributed by atoms with Crippen molar-refractivity contribution in [2.45, 2.75) is 52.9 Å². The van der Waals surface area contributed by atoms with E-state index in [-0.39, 0.29) is 0 Å². The van der Waals surface area contributed by atoms with E-state index < -0.39 is 0 Å². The van der Waals surface area contributed by atoms with Crippen LogP contribution in [0, 0.1) is 0 Å². The average Bonchev–Trinajstić information content (AvgIpc) is 2.09. The van der Waals surface area contributed by atoms with Crippen molar-refractivity contribution >= 4 is 0 Å². The first-order chi connectivity index (χ1) is 5.81. The lowest BCUT2D eigenvalue weighted by Crippen LogP contribution is -1.73. The molecule has 0 aliphatic carbocycles. The molecule has 0 heteroatoms. The van der Waals surface area contributed by atoms with E-state index in [1.54, 1.807) is 0 Å². The lowest BCUT2D eigenvalue weighted by molar-refractivity contribution is 0.936. The van der Waals surface area contributed by atoms with Crippen LogP contribution in [0.5, 0.6) is 0 Å². The van der Waals surface area contributed by atoms with E-state index >= 15 is 0 Å². The Balaban J connectivity index is 3.48. The molecule has 0 N–H and O–H groups in total. The summed E-state index contributed by atoms with van der Waals surface area (Å²) < 4.78 is 0.